The van der Waals surface area contributed by atoms with Crippen LogP contribution in [0.2, 0.25) is 0 Å². The summed E-state index contributed by atoms with van der Waals surface area (Å²) in [5.74, 6) is -1.31. The first-order valence-corrected chi connectivity index (χ1v) is 5.65. The summed E-state index contributed by atoms with van der Waals surface area (Å²) in [4.78, 5) is 21.4. The number of hydrogen-bond donors (Lipinski definition) is 1. The highest BCUT2D eigenvalue weighted by Crippen LogP contribution is 2.19. The number of non-ortho nitro benzene ring substituents is 1. The van der Waals surface area contributed by atoms with E-state index in [9.17, 15) is 20.0 Å². The van der Waals surface area contributed by atoms with Crippen molar-refractivity contribution in [2.75, 3.05) is 20.8 Å². The Balaban J connectivity index is 3.00. The SMILES string of the molecule is COC/C(O)=C(/N=Nc1ccc([N+](=O)[O-])cc1)C(=O)OC. The van der Waals surface area contributed by atoms with Crippen LogP contribution < -0.4 is 0 Å². The lowest BCUT2D eigenvalue weighted by atomic mass is 10.3. The standard InChI is InChI=1S/C12H13N3O6/c1-20-7-10(16)11(12(17)21-2)14-13-8-3-5-9(6-4-8)15(18)19/h3-6,16H,7H2,1-2H3/b11-10-,14-13?. The fourth-order valence-corrected chi connectivity index (χ4v) is 1.27. The van der Waals surface area contributed by atoms with Crippen LogP contribution in [0, 0.1) is 10.1 Å². The van der Waals surface area contributed by atoms with Crippen molar-refractivity contribution in [3.05, 3.63) is 45.8 Å². The molecule has 9 nitrogen and oxygen atoms in total. The summed E-state index contributed by atoms with van der Waals surface area (Å²) in [5.41, 5.74) is -0.232. The topological polar surface area (TPSA) is 124 Å². The summed E-state index contributed by atoms with van der Waals surface area (Å²) in [5, 5.41) is 27.4. The van der Waals surface area contributed by atoms with Crippen molar-refractivity contribution in [2.45, 2.75) is 0 Å². The number of methoxy groups -OCH3 is 2. The Morgan fingerprint density at radius 3 is 2.43 bits per heavy atom. The number of nitro groups is 1. The van der Waals surface area contributed by atoms with Crippen LogP contribution in [0.15, 0.2) is 46.0 Å². The van der Waals surface area contributed by atoms with Crippen LogP contribution in [0.4, 0.5) is 11.4 Å². The summed E-state index contributed by atoms with van der Waals surface area (Å²) in [7, 11) is 2.46. The van der Waals surface area contributed by atoms with Gasteiger partial charge < -0.3 is 14.6 Å². The van der Waals surface area contributed by atoms with E-state index in [-0.39, 0.29) is 18.0 Å². The lowest BCUT2D eigenvalue weighted by Crippen LogP contribution is -2.08. The predicted octanol–water partition coefficient (Wildman–Crippen LogP) is 2.27. The zero-order chi connectivity index (χ0) is 15.8. The maximum Gasteiger partial charge on any atom is 0.362 e. The molecule has 0 aliphatic carbocycles. The average molecular weight is 295 g/mol. The Kier molecular flexibility index (Phi) is 5.96. The molecule has 1 rings (SSSR count). The van der Waals surface area contributed by atoms with Crippen LogP contribution in [0.1, 0.15) is 0 Å². The van der Waals surface area contributed by atoms with Crippen LogP contribution >= 0.6 is 0 Å². The summed E-state index contributed by atoms with van der Waals surface area (Å²) < 4.78 is 9.14. The largest absolute Gasteiger partial charge is 0.507 e. The third-order valence-electron chi connectivity index (χ3n) is 2.26. The summed E-state index contributed by atoms with van der Waals surface area (Å²) >= 11 is 0. The molecule has 0 heterocycles. The quantitative estimate of drug-likeness (QED) is 0.214. The molecule has 0 atom stereocenters. The number of aliphatic hydroxyl groups excluding tert-OH is 1. The van der Waals surface area contributed by atoms with Gasteiger partial charge in [-0.1, -0.05) is 0 Å². The van der Waals surface area contributed by atoms with E-state index in [0.717, 1.165) is 7.11 Å². The Hall–Kier alpha value is -2.81. The number of ether oxygens (including phenoxy) is 2. The summed E-state index contributed by atoms with van der Waals surface area (Å²) in [6.45, 7) is -0.232. The molecule has 9 heteroatoms. The number of nitro benzene ring substituents is 1. The van der Waals surface area contributed by atoms with Crippen molar-refractivity contribution in [1.82, 2.24) is 0 Å². The molecule has 1 N–H and O–H groups in total. The van der Waals surface area contributed by atoms with Gasteiger partial charge in [0.25, 0.3) is 5.69 Å². The third kappa shape index (κ3) is 4.66. The molecule has 0 spiro atoms. The molecule has 112 valence electrons. The van der Waals surface area contributed by atoms with E-state index in [1.165, 1.54) is 31.4 Å². The minimum atomic E-state index is -0.879. The Morgan fingerprint density at radius 1 is 1.33 bits per heavy atom. The van der Waals surface area contributed by atoms with Crippen LogP contribution in [0.5, 0.6) is 0 Å². The first-order valence-electron chi connectivity index (χ1n) is 5.65. The van der Waals surface area contributed by atoms with Crippen molar-refractivity contribution in [1.29, 1.82) is 0 Å². The van der Waals surface area contributed by atoms with Crippen molar-refractivity contribution < 1.29 is 24.3 Å². The molecular weight excluding hydrogens is 282 g/mol. The summed E-state index contributed by atoms with van der Waals surface area (Å²) in [6, 6.07) is 5.18. The first-order chi connectivity index (χ1) is 9.99. The van der Waals surface area contributed by atoms with Crippen molar-refractivity contribution >= 4 is 17.3 Å². The van der Waals surface area contributed by atoms with E-state index in [1.54, 1.807) is 0 Å². The number of hydrogen-bond acceptors (Lipinski definition) is 8. The van der Waals surface area contributed by atoms with Crippen LogP contribution in [-0.2, 0) is 14.3 Å². The molecule has 0 unspecified atom stereocenters. The van der Waals surface area contributed by atoms with Crippen LogP contribution in [0.3, 0.4) is 0 Å². The smallest absolute Gasteiger partial charge is 0.362 e. The number of esters is 1. The molecule has 1 aromatic rings. The number of nitrogens with zero attached hydrogens (tertiary/aromatic N) is 3. The van der Waals surface area contributed by atoms with Gasteiger partial charge in [0.05, 0.1) is 17.7 Å². The highest BCUT2D eigenvalue weighted by molar-refractivity contribution is 5.88. The van der Waals surface area contributed by atoms with E-state index in [4.69, 9.17) is 0 Å². The van der Waals surface area contributed by atoms with Crippen molar-refractivity contribution in [3.8, 4) is 0 Å². The van der Waals surface area contributed by atoms with E-state index in [2.05, 4.69) is 19.7 Å². The molecule has 0 fully saturated rings. The zero-order valence-corrected chi connectivity index (χ0v) is 11.3. The third-order valence-corrected chi connectivity index (χ3v) is 2.26. The maximum absolute atomic E-state index is 11.5. The van der Waals surface area contributed by atoms with Gasteiger partial charge >= 0.3 is 5.97 Å². The second kappa shape index (κ2) is 7.70. The Labute approximate surface area is 119 Å². The number of aliphatic hydroxyl groups is 1. The number of azo groups is 1. The molecule has 0 amide bonds. The van der Waals surface area contributed by atoms with Crippen LogP contribution in [-0.4, -0.2) is 36.8 Å². The minimum absolute atomic E-state index is 0.0973. The fourth-order valence-electron chi connectivity index (χ4n) is 1.27. The van der Waals surface area contributed by atoms with Crippen LogP contribution in [0.25, 0.3) is 0 Å². The average Bonchev–Trinajstić information content (AvgIpc) is 2.47. The molecular formula is C12H13N3O6. The Morgan fingerprint density at radius 2 is 1.95 bits per heavy atom. The highest BCUT2D eigenvalue weighted by Gasteiger charge is 2.15. The number of carbonyl (C=O) groups excluding carboxylic acids is 1. The maximum atomic E-state index is 11.5. The van der Waals surface area contributed by atoms with Gasteiger partial charge in [-0.3, -0.25) is 10.1 Å². The number of rotatable bonds is 6. The molecule has 0 saturated heterocycles. The number of carbonyl (C=O) groups is 1. The Bertz CT molecular complexity index is 579. The molecule has 0 bridgehead atoms. The minimum Gasteiger partial charge on any atom is -0.507 e. The lowest BCUT2D eigenvalue weighted by Gasteiger charge is -2.03. The van der Waals surface area contributed by atoms with E-state index >= 15 is 0 Å². The fraction of sp³-hybridized carbons (Fsp3) is 0.250. The molecule has 0 aliphatic rings. The molecule has 0 radical (unpaired) electrons. The molecule has 1 aromatic carbocycles. The van der Waals surface area contributed by atoms with Gasteiger partial charge in [0, 0.05) is 19.2 Å². The van der Waals surface area contributed by atoms with Gasteiger partial charge in [-0.2, -0.15) is 5.11 Å². The van der Waals surface area contributed by atoms with Gasteiger partial charge in [-0.05, 0) is 12.1 Å². The predicted molar refractivity (Wildman–Crippen MR) is 71.2 cm³/mol. The number of benzene rings is 1. The van der Waals surface area contributed by atoms with Gasteiger partial charge in [-0.15, -0.1) is 5.11 Å². The first kappa shape index (κ1) is 16.2. The van der Waals surface area contributed by atoms with E-state index in [1.807, 2.05) is 0 Å². The van der Waals surface area contributed by atoms with E-state index in [0.29, 0.717) is 0 Å². The molecule has 0 saturated carbocycles. The zero-order valence-electron chi connectivity index (χ0n) is 11.3. The highest BCUT2D eigenvalue weighted by atomic mass is 16.6. The molecule has 0 aliphatic heterocycles. The monoisotopic (exact) mass is 295 g/mol. The second-order valence-electron chi connectivity index (χ2n) is 3.69. The van der Waals surface area contributed by atoms with Crippen molar-refractivity contribution in [2.24, 2.45) is 10.2 Å². The summed E-state index contributed by atoms with van der Waals surface area (Å²) in [6.07, 6.45) is 0. The lowest BCUT2D eigenvalue weighted by molar-refractivity contribution is -0.384. The van der Waals surface area contributed by atoms with Crippen molar-refractivity contribution in [3.63, 3.8) is 0 Å². The molecule has 21 heavy (non-hydrogen) atoms. The van der Waals surface area contributed by atoms with Gasteiger partial charge in [-0.25, -0.2) is 4.79 Å². The van der Waals surface area contributed by atoms with Gasteiger partial charge in [0.1, 0.15) is 6.61 Å². The van der Waals surface area contributed by atoms with Gasteiger partial charge in [0.2, 0.25) is 5.70 Å². The normalized spacial score (nSPS) is 12.1. The molecule has 0 aromatic heterocycles. The second-order valence-corrected chi connectivity index (χ2v) is 3.69. The van der Waals surface area contributed by atoms with Gasteiger partial charge in [0.15, 0.2) is 5.76 Å². The van der Waals surface area contributed by atoms with E-state index < -0.39 is 22.3 Å².